The number of esters is 2. The third-order valence-corrected chi connectivity index (χ3v) is 6.83. The van der Waals surface area contributed by atoms with E-state index in [9.17, 15) is 9.59 Å². The fourth-order valence-corrected chi connectivity index (χ4v) is 4.67. The molecule has 4 nitrogen and oxygen atoms in total. The van der Waals surface area contributed by atoms with Crippen molar-refractivity contribution in [3.63, 3.8) is 0 Å². The molecule has 2 aromatic carbocycles. The van der Waals surface area contributed by atoms with Crippen LogP contribution in [0.5, 0.6) is 0 Å². The third kappa shape index (κ3) is 8.86. The van der Waals surface area contributed by atoms with E-state index < -0.39 is 11.9 Å². The molecule has 1 aliphatic carbocycles. The predicted octanol–water partition coefficient (Wildman–Crippen LogP) is 7.60. The summed E-state index contributed by atoms with van der Waals surface area (Å²) in [5, 5.41) is 0. The molecule has 35 heavy (non-hydrogen) atoms. The summed E-state index contributed by atoms with van der Waals surface area (Å²) < 4.78 is 10.3. The Bertz CT molecular complexity index is 964. The van der Waals surface area contributed by atoms with Crippen LogP contribution in [0.2, 0.25) is 0 Å². The highest BCUT2D eigenvalue weighted by atomic mass is 16.6. The van der Waals surface area contributed by atoms with E-state index in [0.29, 0.717) is 11.5 Å². The van der Waals surface area contributed by atoms with Gasteiger partial charge in [-0.05, 0) is 72.4 Å². The molecule has 0 aromatic heterocycles. The van der Waals surface area contributed by atoms with E-state index in [-0.39, 0.29) is 13.2 Å². The maximum atomic E-state index is 12.0. The molecule has 4 heteroatoms. The largest absolute Gasteiger partial charge is 0.459 e. The normalized spacial score (nSPS) is 17.7. The molecule has 0 aliphatic heterocycles. The lowest BCUT2D eigenvalue weighted by atomic mass is 9.77. The van der Waals surface area contributed by atoms with Crippen molar-refractivity contribution in [3.8, 4) is 0 Å². The van der Waals surface area contributed by atoms with E-state index in [2.05, 4.69) is 37.8 Å². The number of carbonyl (C=O) groups excluding carboxylic acids is 2. The Morgan fingerprint density at radius 2 is 1.54 bits per heavy atom. The SMILES string of the molecule is C=Cc1ccc(C(=O)OCCOC(=O)/C=C/c2ccc(C3CCC(CCCCC)CC3)cc2)cc1. The molecule has 0 saturated heterocycles. The zero-order valence-corrected chi connectivity index (χ0v) is 20.9. The smallest absolute Gasteiger partial charge is 0.338 e. The lowest BCUT2D eigenvalue weighted by Gasteiger charge is -2.29. The van der Waals surface area contributed by atoms with Crippen LogP contribution in [-0.2, 0) is 14.3 Å². The molecular formula is C31H38O4. The van der Waals surface area contributed by atoms with Gasteiger partial charge in [0.25, 0.3) is 0 Å². The van der Waals surface area contributed by atoms with Gasteiger partial charge in [0.2, 0.25) is 0 Å². The summed E-state index contributed by atoms with van der Waals surface area (Å²) in [4.78, 5) is 24.0. The zero-order valence-electron chi connectivity index (χ0n) is 20.9. The molecule has 0 radical (unpaired) electrons. The number of benzene rings is 2. The Morgan fingerprint density at radius 3 is 2.20 bits per heavy atom. The molecule has 0 spiro atoms. The van der Waals surface area contributed by atoms with Gasteiger partial charge in [-0.3, -0.25) is 0 Å². The van der Waals surface area contributed by atoms with Crippen molar-refractivity contribution in [3.05, 3.63) is 83.4 Å². The van der Waals surface area contributed by atoms with Crippen LogP contribution in [-0.4, -0.2) is 25.2 Å². The summed E-state index contributed by atoms with van der Waals surface area (Å²) in [6.45, 7) is 5.97. The topological polar surface area (TPSA) is 52.6 Å². The first kappa shape index (κ1) is 26.5. The van der Waals surface area contributed by atoms with Gasteiger partial charge in [0, 0.05) is 6.08 Å². The average Bonchev–Trinajstić information content (AvgIpc) is 2.91. The predicted molar refractivity (Wildman–Crippen MR) is 142 cm³/mol. The average molecular weight is 475 g/mol. The van der Waals surface area contributed by atoms with Gasteiger partial charge in [0.1, 0.15) is 13.2 Å². The minimum Gasteiger partial charge on any atom is -0.459 e. The number of rotatable bonds is 12. The Kier molecular flexibility index (Phi) is 10.8. The zero-order chi connectivity index (χ0) is 24.9. The fraction of sp³-hybridized carbons (Fsp3) is 0.419. The highest BCUT2D eigenvalue weighted by molar-refractivity contribution is 5.89. The molecule has 0 amide bonds. The van der Waals surface area contributed by atoms with Crippen LogP contribution in [0.3, 0.4) is 0 Å². The van der Waals surface area contributed by atoms with E-state index in [1.54, 1.807) is 36.4 Å². The second-order valence-electron chi connectivity index (χ2n) is 9.34. The van der Waals surface area contributed by atoms with Crippen molar-refractivity contribution in [1.29, 1.82) is 0 Å². The molecule has 186 valence electrons. The first-order chi connectivity index (χ1) is 17.1. The number of hydrogen-bond donors (Lipinski definition) is 0. The molecular weight excluding hydrogens is 436 g/mol. The van der Waals surface area contributed by atoms with Gasteiger partial charge in [-0.15, -0.1) is 0 Å². The van der Waals surface area contributed by atoms with Crippen molar-refractivity contribution in [2.24, 2.45) is 5.92 Å². The second kappa shape index (κ2) is 14.3. The molecule has 1 saturated carbocycles. The molecule has 0 atom stereocenters. The summed E-state index contributed by atoms with van der Waals surface area (Å²) in [6.07, 6.45) is 15.6. The Balaban J connectivity index is 1.35. The lowest BCUT2D eigenvalue weighted by molar-refractivity contribution is -0.138. The van der Waals surface area contributed by atoms with Crippen LogP contribution in [0.15, 0.2) is 61.2 Å². The maximum Gasteiger partial charge on any atom is 0.338 e. The highest BCUT2D eigenvalue weighted by Gasteiger charge is 2.21. The van der Waals surface area contributed by atoms with Gasteiger partial charge >= 0.3 is 11.9 Å². The van der Waals surface area contributed by atoms with Crippen molar-refractivity contribution < 1.29 is 19.1 Å². The number of carbonyl (C=O) groups is 2. The molecule has 0 unspecified atom stereocenters. The van der Waals surface area contributed by atoms with Crippen LogP contribution in [0.4, 0.5) is 0 Å². The second-order valence-corrected chi connectivity index (χ2v) is 9.34. The molecule has 1 aliphatic rings. The van der Waals surface area contributed by atoms with Gasteiger partial charge in [-0.1, -0.05) is 81.7 Å². The van der Waals surface area contributed by atoms with Crippen LogP contribution in [0.25, 0.3) is 12.2 Å². The van der Waals surface area contributed by atoms with Crippen molar-refractivity contribution in [1.82, 2.24) is 0 Å². The van der Waals surface area contributed by atoms with Gasteiger partial charge in [-0.2, -0.15) is 0 Å². The lowest BCUT2D eigenvalue weighted by Crippen LogP contribution is -2.13. The third-order valence-electron chi connectivity index (χ3n) is 6.83. The number of hydrogen-bond acceptors (Lipinski definition) is 4. The monoisotopic (exact) mass is 474 g/mol. The van der Waals surface area contributed by atoms with Gasteiger partial charge in [-0.25, -0.2) is 9.59 Å². The minimum absolute atomic E-state index is 0.0111. The van der Waals surface area contributed by atoms with Crippen LogP contribution in [0.1, 0.15) is 91.3 Å². The van der Waals surface area contributed by atoms with E-state index in [1.165, 1.54) is 63.0 Å². The summed E-state index contributed by atoms with van der Waals surface area (Å²) in [5.41, 5.74) is 3.74. The summed E-state index contributed by atoms with van der Waals surface area (Å²) in [6, 6.07) is 15.4. The van der Waals surface area contributed by atoms with Gasteiger partial charge < -0.3 is 9.47 Å². The number of ether oxygens (including phenoxy) is 2. The highest BCUT2D eigenvalue weighted by Crippen LogP contribution is 2.37. The van der Waals surface area contributed by atoms with Crippen LogP contribution >= 0.6 is 0 Å². The quantitative estimate of drug-likeness (QED) is 0.181. The fourth-order valence-electron chi connectivity index (χ4n) is 4.67. The van der Waals surface area contributed by atoms with Crippen LogP contribution in [0, 0.1) is 5.92 Å². The Labute approximate surface area is 210 Å². The van der Waals surface area contributed by atoms with Gasteiger partial charge in [0.05, 0.1) is 5.56 Å². The van der Waals surface area contributed by atoms with Crippen molar-refractivity contribution in [2.45, 2.75) is 64.2 Å². The summed E-state index contributed by atoms with van der Waals surface area (Å²) >= 11 is 0. The van der Waals surface area contributed by atoms with Gasteiger partial charge in [0.15, 0.2) is 0 Å². The molecule has 1 fully saturated rings. The molecule has 0 bridgehead atoms. The van der Waals surface area contributed by atoms with E-state index in [0.717, 1.165) is 17.0 Å². The number of unbranched alkanes of at least 4 members (excludes halogenated alkanes) is 2. The van der Waals surface area contributed by atoms with Crippen molar-refractivity contribution in [2.75, 3.05) is 13.2 Å². The standard InChI is InChI=1S/C31H38O4/c1-3-5-6-7-25-10-15-27(16-11-25)28-17-12-26(13-18-28)14-21-30(32)34-22-23-35-31(33)29-19-8-24(4-2)9-20-29/h4,8-9,12-14,17-21,25,27H,2-3,5-7,10-11,15-16,22-23H2,1H3/b21-14+. The van der Waals surface area contributed by atoms with Crippen LogP contribution < -0.4 is 0 Å². The summed E-state index contributed by atoms with van der Waals surface area (Å²) in [5.74, 6) is 0.667. The molecule has 0 heterocycles. The summed E-state index contributed by atoms with van der Waals surface area (Å²) in [7, 11) is 0. The Morgan fingerprint density at radius 1 is 0.886 bits per heavy atom. The van der Waals surface area contributed by atoms with E-state index in [4.69, 9.17) is 9.47 Å². The molecule has 3 rings (SSSR count). The molecule has 0 N–H and O–H groups in total. The first-order valence-electron chi connectivity index (χ1n) is 12.9. The maximum absolute atomic E-state index is 12.0. The van der Waals surface area contributed by atoms with E-state index in [1.807, 2.05) is 0 Å². The first-order valence-corrected chi connectivity index (χ1v) is 12.9. The minimum atomic E-state index is -0.457. The molecule has 2 aromatic rings. The van der Waals surface area contributed by atoms with Crippen molar-refractivity contribution >= 4 is 24.1 Å². The van der Waals surface area contributed by atoms with E-state index >= 15 is 0 Å². The Hall–Kier alpha value is -3.14.